The average molecular weight is 310 g/mol. The smallest absolute Gasteiger partial charge is 0.187 e. The van der Waals surface area contributed by atoms with Gasteiger partial charge in [-0.15, -0.1) is 0 Å². The molecular formula is C12H14N4O2S2. The molecule has 0 aromatic carbocycles. The van der Waals surface area contributed by atoms with Gasteiger partial charge in [-0.25, -0.2) is 8.42 Å². The number of rotatable bonds is 5. The standard InChI is InChI=1S/C12H14N4O2S2/c13-11-10(20(17,18)9-1-2-9)12(19-16-11)15-7-8-3-5-14-6-4-8/h3-6,9,15H,1-2,7H2,(H2,13,16). The number of nitrogens with zero attached hydrogens (tertiary/aromatic N) is 2. The van der Waals surface area contributed by atoms with Crippen LogP contribution < -0.4 is 11.1 Å². The number of nitrogen functional groups attached to an aromatic ring is 1. The van der Waals surface area contributed by atoms with Crippen LogP contribution in [0.15, 0.2) is 29.4 Å². The first-order valence-electron chi connectivity index (χ1n) is 6.21. The lowest BCUT2D eigenvalue weighted by molar-refractivity contribution is 0.595. The Hall–Kier alpha value is -1.67. The van der Waals surface area contributed by atoms with Crippen LogP contribution >= 0.6 is 11.5 Å². The number of nitrogens with one attached hydrogen (secondary N) is 1. The third-order valence-electron chi connectivity index (χ3n) is 3.12. The van der Waals surface area contributed by atoms with E-state index in [9.17, 15) is 8.42 Å². The van der Waals surface area contributed by atoms with Crippen molar-refractivity contribution in [3.05, 3.63) is 30.1 Å². The lowest BCUT2D eigenvalue weighted by atomic mass is 10.3. The molecule has 106 valence electrons. The number of pyridine rings is 1. The largest absolute Gasteiger partial charge is 0.382 e. The van der Waals surface area contributed by atoms with E-state index in [1.165, 1.54) is 0 Å². The molecule has 3 N–H and O–H groups in total. The normalized spacial score (nSPS) is 15.2. The zero-order valence-electron chi connectivity index (χ0n) is 10.6. The summed E-state index contributed by atoms with van der Waals surface area (Å²) in [6, 6.07) is 3.74. The van der Waals surface area contributed by atoms with Gasteiger partial charge in [0.2, 0.25) is 0 Å². The quantitative estimate of drug-likeness (QED) is 0.871. The van der Waals surface area contributed by atoms with Gasteiger partial charge in [0, 0.05) is 18.9 Å². The second kappa shape index (κ2) is 5.02. The summed E-state index contributed by atoms with van der Waals surface area (Å²) in [7, 11) is -3.34. The Morgan fingerprint density at radius 3 is 2.70 bits per heavy atom. The molecule has 6 nitrogen and oxygen atoms in total. The Morgan fingerprint density at radius 1 is 1.35 bits per heavy atom. The third kappa shape index (κ3) is 2.48. The van der Waals surface area contributed by atoms with Gasteiger partial charge in [0.05, 0.1) is 5.25 Å². The summed E-state index contributed by atoms with van der Waals surface area (Å²) in [5, 5.41) is 3.34. The first-order valence-corrected chi connectivity index (χ1v) is 8.53. The van der Waals surface area contributed by atoms with Crippen LogP contribution in [0, 0.1) is 0 Å². The molecule has 2 heterocycles. The van der Waals surface area contributed by atoms with E-state index in [1.807, 2.05) is 12.1 Å². The van der Waals surface area contributed by atoms with Crippen LogP contribution in [0.25, 0.3) is 0 Å². The molecule has 1 aliphatic carbocycles. The van der Waals surface area contributed by atoms with Crippen molar-refractivity contribution in [2.75, 3.05) is 11.1 Å². The summed E-state index contributed by atoms with van der Waals surface area (Å²) in [6.45, 7) is 0.511. The highest BCUT2D eigenvalue weighted by Crippen LogP contribution is 2.41. The van der Waals surface area contributed by atoms with Gasteiger partial charge in [-0.3, -0.25) is 4.98 Å². The monoisotopic (exact) mass is 310 g/mol. The predicted molar refractivity (Wildman–Crippen MR) is 78.3 cm³/mol. The fraction of sp³-hybridized carbons (Fsp3) is 0.333. The van der Waals surface area contributed by atoms with Crippen molar-refractivity contribution in [3.63, 3.8) is 0 Å². The summed E-state index contributed by atoms with van der Waals surface area (Å²) in [5.74, 6) is 0.0964. The van der Waals surface area contributed by atoms with Crippen molar-refractivity contribution in [2.24, 2.45) is 0 Å². The minimum Gasteiger partial charge on any atom is -0.382 e. The maximum Gasteiger partial charge on any atom is 0.187 e. The topological polar surface area (TPSA) is 98.0 Å². The van der Waals surface area contributed by atoms with Crippen molar-refractivity contribution < 1.29 is 8.42 Å². The molecule has 1 aliphatic rings. The van der Waals surface area contributed by atoms with Gasteiger partial charge in [0.25, 0.3) is 0 Å². The van der Waals surface area contributed by atoms with E-state index in [4.69, 9.17) is 5.73 Å². The Bertz CT molecular complexity index is 708. The molecule has 0 bridgehead atoms. The van der Waals surface area contributed by atoms with Crippen LogP contribution in [0.1, 0.15) is 18.4 Å². The minimum absolute atomic E-state index is 0.0964. The van der Waals surface area contributed by atoms with E-state index >= 15 is 0 Å². The van der Waals surface area contributed by atoms with Crippen LogP contribution in [-0.2, 0) is 16.4 Å². The van der Waals surface area contributed by atoms with E-state index in [-0.39, 0.29) is 16.0 Å². The van der Waals surface area contributed by atoms with Gasteiger partial charge < -0.3 is 11.1 Å². The van der Waals surface area contributed by atoms with Crippen LogP contribution in [0.3, 0.4) is 0 Å². The molecule has 2 aromatic heterocycles. The van der Waals surface area contributed by atoms with Crippen LogP contribution in [0.4, 0.5) is 10.8 Å². The zero-order chi connectivity index (χ0) is 14.2. The number of hydrogen-bond donors (Lipinski definition) is 2. The summed E-state index contributed by atoms with van der Waals surface area (Å²) >= 11 is 1.09. The highest BCUT2D eigenvalue weighted by molar-refractivity contribution is 7.92. The van der Waals surface area contributed by atoms with Crippen LogP contribution in [0.2, 0.25) is 0 Å². The maximum absolute atomic E-state index is 12.3. The molecule has 2 aromatic rings. The van der Waals surface area contributed by atoms with Gasteiger partial charge in [0.1, 0.15) is 9.90 Å². The molecular weight excluding hydrogens is 296 g/mol. The van der Waals surface area contributed by atoms with E-state index in [2.05, 4.69) is 14.7 Å². The first-order chi connectivity index (χ1) is 9.59. The minimum atomic E-state index is -3.34. The fourth-order valence-corrected chi connectivity index (χ4v) is 4.79. The maximum atomic E-state index is 12.3. The van der Waals surface area contributed by atoms with Crippen molar-refractivity contribution in [3.8, 4) is 0 Å². The zero-order valence-corrected chi connectivity index (χ0v) is 12.2. The molecule has 0 radical (unpaired) electrons. The molecule has 0 atom stereocenters. The Balaban J connectivity index is 1.84. The SMILES string of the molecule is Nc1nsc(NCc2ccncc2)c1S(=O)(=O)C1CC1. The van der Waals surface area contributed by atoms with Crippen molar-refractivity contribution in [2.45, 2.75) is 29.5 Å². The molecule has 20 heavy (non-hydrogen) atoms. The summed E-state index contributed by atoms with van der Waals surface area (Å²) in [5.41, 5.74) is 6.75. The number of hydrogen-bond acceptors (Lipinski definition) is 7. The van der Waals surface area contributed by atoms with Gasteiger partial charge in [-0.05, 0) is 42.1 Å². The van der Waals surface area contributed by atoms with Crippen molar-refractivity contribution >= 4 is 32.2 Å². The van der Waals surface area contributed by atoms with Crippen LogP contribution in [-0.4, -0.2) is 23.0 Å². The van der Waals surface area contributed by atoms with Gasteiger partial charge in [0.15, 0.2) is 15.7 Å². The summed E-state index contributed by atoms with van der Waals surface area (Å²) in [6.07, 6.45) is 4.81. The summed E-state index contributed by atoms with van der Waals surface area (Å²) in [4.78, 5) is 4.11. The van der Waals surface area contributed by atoms with E-state index in [1.54, 1.807) is 12.4 Å². The number of sulfone groups is 1. The van der Waals surface area contributed by atoms with Crippen molar-refractivity contribution in [1.29, 1.82) is 0 Å². The average Bonchev–Trinajstić information content (AvgIpc) is 3.22. The molecule has 0 amide bonds. The van der Waals surface area contributed by atoms with Gasteiger partial charge >= 0.3 is 0 Å². The Kier molecular flexibility index (Phi) is 3.35. The fourth-order valence-electron chi connectivity index (χ4n) is 1.91. The first kappa shape index (κ1) is 13.3. The van der Waals surface area contributed by atoms with Gasteiger partial charge in [-0.1, -0.05) is 0 Å². The Morgan fingerprint density at radius 2 is 2.05 bits per heavy atom. The van der Waals surface area contributed by atoms with E-state index in [0.717, 1.165) is 17.1 Å². The lowest BCUT2D eigenvalue weighted by Gasteiger charge is -2.07. The molecule has 0 saturated heterocycles. The Labute approximate surface area is 121 Å². The summed E-state index contributed by atoms with van der Waals surface area (Å²) < 4.78 is 28.7. The molecule has 0 aliphatic heterocycles. The highest BCUT2D eigenvalue weighted by Gasteiger charge is 2.40. The third-order valence-corrected chi connectivity index (χ3v) is 6.40. The number of aromatic nitrogens is 2. The van der Waals surface area contributed by atoms with E-state index < -0.39 is 9.84 Å². The van der Waals surface area contributed by atoms with Crippen molar-refractivity contribution in [1.82, 2.24) is 9.36 Å². The van der Waals surface area contributed by atoms with Crippen LogP contribution in [0.5, 0.6) is 0 Å². The molecule has 8 heteroatoms. The molecule has 0 spiro atoms. The molecule has 1 saturated carbocycles. The molecule has 1 fully saturated rings. The van der Waals surface area contributed by atoms with E-state index in [0.29, 0.717) is 24.4 Å². The molecule has 0 unspecified atom stereocenters. The van der Waals surface area contributed by atoms with Gasteiger partial charge in [-0.2, -0.15) is 4.37 Å². The highest BCUT2D eigenvalue weighted by atomic mass is 32.2. The second-order valence-corrected chi connectivity index (χ2v) is 7.62. The lowest BCUT2D eigenvalue weighted by Crippen LogP contribution is -2.11. The number of nitrogens with two attached hydrogens (primary N) is 1. The second-order valence-electron chi connectivity index (χ2n) is 4.68. The predicted octanol–water partition coefficient (Wildman–Crippen LogP) is 1.67. The number of anilines is 2. The molecule has 3 rings (SSSR count).